The smallest absolute Gasteiger partial charge is 0.311 e. The Hall–Kier alpha value is -0.290. The molecule has 1 fully saturated rings. The summed E-state index contributed by atoms with van der Waals surface area (Å²) in [6, 6.07) is 0.0837. The second-order valence-corrected chi connectivity index (χ2v) is 6.83. The molecule has 1 aliphatic heterocycles. The van der Waals surface area contributed by atoms with E-state index in [9.17, 15) is 13.2 Å². The molecule has 3 atom stereocenters. The summed E-state index contributed by atoms with van der Waals surface area (Å²) >= 11 is 0. The Morgan fingerprint density at radius 1 is 1.26 bits per heavy atom. The molecule has 1 N–H and O–H groups in total. The van der Waals surface area contributed by atoms with Crippen LogP contribution in [0.1, 0.15) is 41.0 Å². The quantitative estimate of drug-likeness (QED) is 0.853. The summed E-state index contributed by atoms with van der Waals surface area (Å²) < 4.78 is 38.2. The molecule has 0 aliphatic carbocycles. The Bertz CT molecular complexity index is 283. The van der Waals surface area contributed by atoms with E-state index in [1.807, 2.05) is 20.8 Å². The zero-order chi connectivity index (χ0) is 14.8. The van der Waals surface area contributed by atoms with E-state index in [-0.39, 0.29) is 17.5 Å². The van der Waals surface area contributed by atoms with Crippen LogP contribution in [0.4, 0.5) is 13.2 Å². The van der Waals surface area contributed by atoms with Gasteiger partial charge >= 0.3 is 6.18 Å². The number of nitrogens with zero attached hydrogens (tertiary/aromatic N) is 1. The maximum Gasteiger partial charge on any atom is 0.401 e. The standard InChI is InChI=1S/C14H27F3N2/c1-6-10(2)11-8-19(9-14(15,16)17)12(7-18-11)13(3,4)5/h10-12,18H,6-9H2,1-5H3. The van der Waals surface area contributed by atoms with Crippen LogP contribution in [-0.2, 0) is 0 Å². The minimum absolute atomic E-state index is 0.0746. The molecule has 2 nitrogen and oxygen atoms in total. The van der Waals surface area contributed by atoms with E-state index in [0.29, 0.717) is 19.0 Å². The zero-order valence-electron chi connectivity index (χ0n) is 12.6. The lowest BCUT2D eigenvalue weighted by molar-refractivity contribution is -0.160. The highest BCUT2D eigenvalue weighted by Gasteiger charge is 2.41. The van der Waals surface area contributed by atoms with Crippen molar-refractivity contribution in [3.05, 3.63) is 0 Å². The second kappa shape index (κ2) is 6.00. The molecular formula is C14H27F3N2. The molecule has 0 aromatic rings. The van der Waals surface area contributed by atoms with Crippen LogP contribution in [0.2, 0.25) is 0 Å². The first-order valence-electron chi connectivity index (χ1n) is 7.08. The molecule has 0 aromatic heterocycles. The van der Waals surface area contributed by atoms with E-state index in [4.69, 9.17) is 0 Å². The van der Waals surface area contributed by atoms with Crippen LogP contribution in [-0.4, -0.2) is 42.8 Å². The number of hydrogen-bond donors (Lipinski definition) is 1. The average molecular weight is 280 g/mol. The van der Waals surface area contributed by atoms with Crippen LogP contribution in [0, 0.1) is 11.3 Å². The molecule has 19 heavy (non-hydrogen) atoms. The van der Waals surface area contributed by atoms with Gasteiger partial charge in [0, 0.05) is 25.2 Å². The van der Waals surface area contributed by atoms with Gasteiger partial charge in [-0.3, -0.25) is 4.90 Å². The van der Waals surface area contributed by atoms with Crippen molar-refractivity contribution in [1.29, 1.82) is 0 Å². The Labute approximate surface area is 114 Å². The highest BCUT2D eigenvalue weighted by atomic mass is 19.4. The first-order chi connectivity index (χ1) is 8.54. The molecule has 5 heteroatoms. The van der Waals surface area contributed by atoms with E-state index in [0.717, 1.165) is 6.42 Å². The van der Waals surface area contributed by atoms with Gasteiger partial charge in [0.1, 0.15) is 0 Å². The summed E-state index contributed by atoms with van der Waals surface area (Å²) in [7, 11) is 0. The first-order valence-corrected chi connectivity index (χ1v) is 7.08. The summed E-state index contributed by atoms with van der Waals surface area (Å²) in [6.45, 7) is 10.5. The summed E-state index contributed by atoms with van der Waals surface area (Å²) in [4.78, 5) is 1.62. The molecule has 0 aromatic carbocycles. The van der Waals surface area contributed by atoms with E-state index in [2.05, 4.69) is 19.2 Å². The molecule has 0 spiro atoms. The van der Waals surface area contributed by atoms with Gasteiger partial charge in [0.2, 0.25) is 0 Å². The number of piperazine rings is 1. The number of rotatable bonds is 3. The van der Waals surface area contributed by atoms with Crippen LogP contribution in [0.5, 0.6) is 0 Å². The SMILES string of the molecule is CCC(C)C1CN(CC(F)(F)F)C(C(C)(C)C)CN1. The molecule has 1 saturated heterocycles. The summed E-state index contributed by atoms with van der Waals surface area (Å²) in [5.41, 5.74) is -0.154. The molecule has 0 saturated carbocycles. The third kappa shape index (κ3) is 4.95. The minimum Gasteiger partial charge on any atom is -0.311 e. The van der Waals surface area contributed by atoms with Gasteiger partial charge in [0.15, 0.2) is 0 Å². The average Bonchev–Trinajstić information content (AvgIpc) is 2.24. The molecule has 114 valence electrons. The molecule has 0 radical (unpaired) electrons. The van der Waals surface area contributed by atoms with Crippen molar-refractivity contribution in [2.45, 2.75) is 59.3 Å². The van der Waals surface area contributed by atoms with Crippen LogP contribution < -0.4 is 5.32 Å². The van der Waals surface area contributed by atoms with Crippen LogP contribution in [0.25, 0.3) is 0 Å². The molecule has 1 aliphatic rings. The van der Waals surface area contributed by atoms with Gasteiger partial charge in [0.25, 0.3) is 0 Å². The van der Waals surface area contributed by atoms with Gasteiger partial charge in [-0.25, -0.2) is 0 Å². The van der Waals surface area contributed by atoms with Crippen LogP contribution in [0.3, 0.4) is 0 Å². The van der Waals surface area contributed by atoms with Crippen molar-refractivity contribution in [3.8, 4) is 0 Å². The van der Waals surface area contributed by atoms with Crippen molar-refractivity contribution in [3.63, 3.8) is 0 Å². The van der Waals surface area contributed by atoms with E-state index >= 15 is 0 Å². The van der Waals surface area contributed by atoms with Crippen molar-refractivity contribution in [2.24, 2.45) is 11.3 Å². The lowest BCUT2D eigenvalue weighted by Gasteiger charge is -2.47. The largest absolute Gasteiger partial charge is 0.401 e. The van der Waals surface area contributed by atoms with E-state index < -0.39 is 12.7 Å². The monoisotopic (exact) mass is 280 g/mol. The fourth-order valence-corrected chi connectivity index (χ4v) is 2.76. The molecule has 3 unspecified atom stereocenters. The van der Waals surface area contributed by atoms with E-state index in [1.54, 1.807) is 4.90 Å². The lowest BCUT2D eigenvalue weighted by Crippen LogP contribution is -2.63. The highest BCUT2D eigenvalue weighted by Crippen LogP contribution is 2.30. The zero-order valence-corrected chi connectivity index (χ0v) is 12.6. The maximum atomic E-state index is 12.7. The molecule has 1 rings (SSSR count). The predicted octanol–water partition coefficient (Wildman–Crippen LogP) is 3.28. The molecular weight excluding hydrogens is 253 g/mol. The number of halogens is 3. The summed E-state index contributed by atoms with van der Waals surface area (Å²) in [5, 5.41) is 3.43. The van der Waals surface area contributed by atoms with Crippen molar-refractivity contribution in [1.82, 2.24) is 10.2 Å². The topological polar surface area (TPSA) is 15.3 Å². The Balaban J connectivity index is 2.80. The van der Waals surface area contributed by atoms with Gasteiger partial charge in [-0.2, -0.15) is 13.2 Å². The van der Waals surface area contributed by atoms with E-state index in [1.165, 1.54) is 0 Å². The van der Waals surface area contributed by atoms with Gasteiger partial charge in [-0.15, -0.1) is 0 Å². The predicted molar refractivity (Wildman–Crippen MR) is 72.1 cm³/mol. The van der Waals surface area contributed by atoms with Gasteiger partial charge in [0.05, 0.1) is 6.54 Å². The Kier molecular flexibility index (Phi) is 5.29. The lowest BCUT2D eigenvalue weighted by atomic mass is 9.82. The third-order valence-corrected chi connectivity index (χ3v) is 4.16. The fourth-order valence-electron chi connectivity index (χ4n) is 2.76. The number of nitrogens with one attached hydrogen (secondary N) is 1. The third-order valence-electron chi connectivity index (χ3n) is 4.16. The fraction of sp³-hybridized carbons (Fsp3) is 1.00. The van der Waals surface area contributed by atoms with Crippen molar-refractivity contribution >= 4 is 0 Å². The van der Waals surface area contributed by atoms with Crippen LogP contribution in [0.15, 0.2) is 0 Å². The van der Waals surface area contributed by atoms with Crippen molar-refractivity contribution in [2.75, 3.05) is 19.6 Å². The molecule has 0 amide bonds. The molecule has 1 heterocycles. The maximum absolute atomic E-state index is 12.7. The Morgan fingerprint density at radius 2 is 1.84 bits per heavy atom. The first kappa shape index (κ1) is 16.8. The van der Waals surface area contributed by atoms with Gasteiger partial charge in [-0.1, -0.05) is 41.0 Å². The number of alkyl halides is 3. The second-order valence-electron chi connectivity index (χ2n) is 6.83. The summed E-state index contributed by atoms with van der Waals surface area (Å²) in [6.07, 6.45) is -3.14. The summed E-state index contributed by atoms with van der Waals surface area (Å²) in [5.74, 6) is 0.400. The van der Waals surface area contributed by atoms with Crippen molar-refractivity contribution < 1.29 is 13.2 Å². The van der Waals surface area contributed by atoms with Gasteiger partial charge < -0.3 is 5.32 Å². The minimum atomic E-state index is -4.12. The molecule has 0 bridgehead atoms. The normalized spacial score (nSPS) is 28.4. The highest BCUT2D eigenvalue weighted by molar-refractivity contribution is 4.94. The van der Waals surface area contributed by atoms with Crippen LogP contribution >= 0.6 is 0 Å². The number of hydrogen-bond acceptors (Lipinski definition) is 2. The van der Waals surface area contributed by atoms with Gasteiger partial charge in [-0.05, 0) is 11.3 Å². The Morgan fingerprint density at radius 3 is 2.26 bits per heavy atom.